The third-order valence-corrected chi connectivity index (χ3v) is 2.76. The first kappa shape index (κ1) is 12.5. The van der Waals surface area contributed by atoms with Crippen molar-refractivity contribution in [2.75, 3.05) is 5.32 Å². The second-order valence-corrected chi connectivity index (χ2v) is 4.29. The zero-order valence-electron chi connectivity index (χ0n) is 11.1. The van der Waals surface area contributed by atoms with Crippen molar-refractivity contribution in [3.05, 3.63) is 47.0 Å². The highest BCUT2D eigenvalue weighted by Crippen LogP contribution is 2.09. The third-order valence-electron chi connectivity index (χ3n) is 2.76. The van der Waals surface area contributed by atoms with Gasteiger partial charge in [-0.2, -0.15) is 0 Å². The van der Waals surface area contributed by atoms with Gasteiger partial charge in [-0.3, -0.25) is 4.98 Å². The lowest BCUT2D eigenvalue weighted by molar-refractivity contribution is 0.940. The van der Waals surface area contributed by atoms with Gasteiger partial charge in [-0.1, -0.05) is 13.0 Å². The number of hydrogen-bond acceptors (Lipinski definition) is 4. The number of nitrogens with one attached hydrogen (secondary N) is 1. The molecule has 0 aliphatic carbocycles. The molecule has 18 heavy (non-hydrogen) atoms. The fraction of sp³-hybridized carbons (Fsp3) is 0.357. The van der Waals surface area contributed by atoms with Crippen LogP contribution in [0.25, 0.3) is 0 Å². The molecule has 0 saturated carbocycles. The van der Waals surface area contributed by atoms with E-state index in [4.69, 9.17) is 0 Å². The highest BCUT2D eigenvalue weighted by atomic mass is 15.1. The molecule has 94 valence electrons. The fourth-order valence-corrected chi connectivity index (χ4v) is 1.92. The Morgan fingerprint density at radius 3 is 2.56 bits per heavy atom. The van der Waals surface area contributed by atoms with Crippen LogP contribution in [0.2, 0.25) is 0 Å². The van der Waals surface area contributed by atoms with Gasteiger partial charge >= 0.3 is 0 Å². The first-order valence-electron chi connectivity index (χ1n) is 6.18. The van der Waals surface area contributed by atoms with E-state index in [-0.39, 0.29) is 0 Å². The number of nitrogens with zero attached hydrogens (tertiary/aromatic N) is 3. The second-order valence-electron chi connectivity index (χ2n) is 4.29. The minimum atomic E-state index is 0.660. The molecule has 0 spiro atoms. The maximum Gasteiger partial charge on any atom is 0.223 e. The highest BCUT2D eigenvalue weighted by Gasteiger charge is 2.03. The Labute approximate surface area is 108 Å². The van der Waals surface area contributed by atoms with Crippen LogP contribution in [0.5, 0.6) is 0 Å². The van der Waals surface area contributed by atoms with Gasteiger partial charge in [0.1, 0.15) is 0 Å². The van der Waals surface area contributed by atoms with Crippen LogP contribution in [-0.2, 0) is 13.0 Å². The third kappa shape index (κ3) is 3.03. The summed E-state index contributed by atoms with van der Waals surface area (Å²) in [7, 11) is 0. The summed E-state index contributed by atoms with van der Waals surface area (Å²) in [5, 5.41) is 3.23. The van der Waals surface area contributed by atoms with Gasteiger partial charge < -0.3 is 5.32 Å². The molecule has 1 N–H and O–H groups in total. The molecule has 0 atom stereocenters. The molecule has 0 aliphatic rings. The molecule has 0 amide bonds. The number of rotatable bonds is 4. The van der Waals surface area contributed by atoms with Crippen molar-refractivity contribution in [2.45, 2.75) is 33.7 Å². The van der Waals surface area contributed by atoms with Crippen LogP contribution >= 0.6 is 0 Å². The Balaban J connectivity index is 2.11. The zero-order valence-corrected chi connectivity index (χ0v) is 11.1. The lowest BCUT2D eigenvalue weighted by atomic mass is 10.1. The fourth-order valence-electron chi connectivity index (χ4n) is 1.92. The van der Waals surface area contributed by atoms with E-state index in [0.29, 0.717) is 12.5 Å². The van der Waals surface area contributed by atoms with Gasteiger partial charge in [-0.15, -0.1) is 0 Å². The van der Waals surface area contributed by atoms with E-state index in [2.05, 4.69) is 33.3 Å². The maximum absolute atomic E-state index is 4.39. The van der Waals surface area contributed by atoms with Crippen LogP contribution in [0.4, 0.5) is 5.95 Å². The molecule has 0 aliphatic heterocycles. The minimum Gasteiger partial charge on any atom is -0.349 e. The molecule has 0 saturated heterocycles. The topological polar surface area (TPSA) is 50.7 Å². The molecular formula is C14H18N4. The molecule has 4 nitrogen and oxygen atoms in total. The lowest BCUT2D eigenvalue weighted by Gasteiger charge is -2.09. The normalized spacial score (nSPS) is 10.4. The van der Waals surface area contributed by atoms with Crippen molar-refractivity contribution in [3.8, 4) is 0 Å². The van der Waals surface area contributed by atoms with Crippen LogP contribution in [-0.4, -0.2) is 15.0 Å². The number of hydrogen-bond donors (Lipinski definition) is 1. The summed E-state index contributed by atoms with van der Waals surface area (Å²) < 4.78 is 0. The molecule has 2 aromatic heterocycles. The summed E-state index contributed by atoms with van der Waals surface area (Å²) in [4.78, 5) is 13.1. The smallest absolute Gasteiger partial charge is 0.223 e. The number of anilines is 1. The van der Waals surface area contributed by atoms with Gasteiger partial charge in [0.05, 0.1) is 12.2 Å². The van der Waals surface area contributed by atoms with E-state index in [0.717, 1.165) is 23.5 Å². The Morgan fingerprint density at radius 1 is 1.17 bits per heavy atom. The molecule has 0 radical (unpaired) electrons. The lowest BCUT2D eigenvalue weighted by Crippen LogP contribution is -2.08. The van der Waals surface area contributed by atoms with Crippen LogP contribution < -0.4 is 5.32 Å². The van der Waals surface area contributed by atoms with Crippen LogP contribution in [0.1, 0.15) is 29.6 Å². The Morgan fingerprint density at radius 2 is 1.89 bits per heavy atom. The first-order valence-corrected chi connectivity index (χ1v) is 6.18. The highest BCUT2D eigenvalue weighted by molar-refractivity contribution is 5.30. The summed E-state index contributed by atoms with van der Waals surface area (Å²) in [6.07, 6.45) is 2.80. The first-order chi connectivity index (χ1) is 8.69. The molecule has 0 fully saturated rings. The van der Waals surface area contributed by atoms with E-state index in [1.165, 1.54) is 5.56 Å². The quantitative estimate of drug-likeness (QED) is 0.895. The van der Waals surface area contributed by atoms with Gasteiger partial charge in [0.15, 0.2) is 0 Å². The van der Waals surface area contributed by atoms with Gasteiger partial charge in [-0.05, 0) is 38.0 Å². The summed E-state index contributed by atoms with van der Waals surface area (Å²) in [5.74, 6) is 0.667. The van der Waals surface area contributed by atoms with Gasteiger partial charge in [0, 0.05) is 17.6 Å². The molecule has 4 heteroatoms. The molecule has 2 aromatic rings. The van der Waals surface area contributed by atoms with Gasteiger partial charge in [-0.25, -0.2) is 9.97 Å². The van der Waals surface area contributed by atoms with Crippen molar-refractivity contribution in [1.82, 2.24) is 15.0 Å². The number of aryl methyl sites for hydroxylation is 3. The summed E-state index contributed by atoms with van der Waals surface area (Å²) in [6.45, 7) is 6.73. The molecular weight excluding hydrogens is 224 g/mol. The van der Waals surface area contributed by atoms with Crippen LogP contribution in [0.3, 0.4) is 0 Å². The van der Waals surface area contributed by atoms with Crippen molar-refractivity contribution in [3.63, 3.8) is 0 Å². The van der Waals surface area contributed by atoms with Crippen molar-refractivity contribution in [1.29, 1.82) is 0 Å². The molecule has 0 aromatic carbocycles. The average molecular weight is 242 g/mol. The number of pyridine rings is 1. The van der Waals surface area contributed by atoms with E-state index >= 15 is 0 Å². The van der Waals surface area contributed by atoms with E-state index < -0.39 is 0 Å². The molecule has 2 heterocycles. The molecule has 0 unspecified atom stereocenters. The Bertz CT molecular complexity index is 517. The molecule has 2 rings (SSSR count). The maximum atomic E-state index is 4.39. The van der Waals surface area contributed by atoms with Crippen molar-refractivity contribution >= 4 is 5.95 Å². The SMILES string of the molecule is CCc1cccnc1CNc1nc(C)cc(C)n1. The van der Waals surface area contributed by atoms with Crippen molar-refractivity contribution < 1.29 is 0 Å². The van der Waals surface area contributed by atoms with E-state index in [9.17, 15) is 0 Å². The second kappa shape index (κ2) is 5.58. The Kier molecular flexibility index (Phi) is 3.87. The predicted octanol–water partition coefficient (Wildman–Crippen LogP) is 2.66. The standard InChI is InChI=1S/C14H18N4/c1-4-12-6-5-7-15-13(12)9-16-14-17-10(2)8-11(3)18-14/h5-8H,4,9H2,1-3H3,(H,16,17,18). The summed E-state index contributed by atoms with van der Waals surface area (Å²) in [6, 6.07) is 6.03. The van der Waals surface area contributed by atoms with Crippen LogP contribution in [0.15, 0.2) is 24.4 Å². The van der Waals surface area contributed by atoms with E-state index in [1.54, 1.807) is 0 Å². The summed E-state index contributed by atoms with van der Waals surface area (Å²) >= 11 is 0. The Hall–Kier alpha value is -1.97. The monoisotopic (exact) mass is 242 g/mol. The minimum absolute atomic E-state index is 0.660. The average Bonchev–Trinajstić information content (AvgIpc) is 2.35. The predicted molar refractivity (Wildman–Crippen MR) is 72.4 cm³/mol. The molecule has 0 bridgehead atoms. The zero-order chi connectivity index (χ0) is 13.0. The van der Waals surface area contributed by atoms with E-state index in [1.807, 2.05) is 32.2 Å². The largest absolute Gasteiger partial charge is 0.349 e. The van der Waals surface area contributed by atoms with Gasteiger partial charge in [0.2, 0.25) is 5.95 Å². The van der Waals surface area contributed by atoms with Gasteiger partial charge in [0.25, 0.3) is 0 Å². The van der Waals surface area contributed by atoms with Crippen LogP contribution in [0, 0.1) is 13.8 Å². The van der Waals surface area contributed by atoms with Crippen molar-refractivity contribution in [2.24, 2.45) is 0 Å². The summed E-state index contributed by atoms with van der Waals surface area (Å²) in [5.41, 5.74) is 4.26. The number of aromatic nitrogens is 3.